The largest absolute Gasteiger partial charge is 0.310 e. The average molecular weight is 578 g/mol. The zero-order valence-corrected chi connectivity index (χ0v) is 24.8. The van der Waals surface area contributed by atoms with Gasteiger partial charge in [0.2, 0.25) is 0 Å². The van der Waals surface area contributed by atoms with Gasteiger partial charge in [0.1, 0.15) is 0 Å². The Morgan fingerprint density at radius 3 is 1.89 bits per heavy atom. The molecule has 1 aromatic heterocycles. The highest BCUT2D eigenvalue weighted by atomic mass is 32.1. The smallest absolute Gasteiger partial charge is 0.0468 e. The summed E-state index contributed by atoms with van der Waals surface area (Å²) in [5.41, 5.74) is 5.83. The van der Waals surface area contributed by atoms with Gasteiger partial charge < -0.3 is 4.90 Å². The number of fused-ring (bicyclic) bond motifs is 8. The molecule has 44 heavy (non-hydrogen) atoms. The van der Waals surface area contributed by atoms with Crippen LogP contribution >= 0.6 is 11.3 Å². The normalized spacial score (nSPS) is 11.6. The number of nitrogens with zero attached hydrogens (tertiary/aromatic N) is 1. The minimum Gasteiger partial charge on any atom is -0.310 e. The van der Waals surface area contributed by atoms with Gasteiger partial charge in [0.05, 0.1) is 0 Å². The van der Waals surface area contributed by atoms with Crippen LogP contribution in [-0.2, 0) is 0 Å². The van der Waals surface area contributed by atoms with E-state index in [1.807, 2.05) is 11.3 Å². The number of benzene rings is 8. The number of rotatable bonds is 4. The van der Waals surface area contributed by atoms with Crippen molar-refractivity contribution >= 4 is 80.9 Å². The lowest BCUT2D eigenvalue weighted by molar-refractivity contribution is 1.30. The Morgan fingerprint density at radius 1 is 0.341 bits per heavy atom. The van der Waals surface area contributed by atoms with Gasteiger partial charge in [-0.25, -0.2) is 0 Å². The molecule has 0 spiro atoms. The predicted octanol–water partition coefficient (Wildman–Crippen LogP) is 12.7. The third kappa shape index (κ3) is 4.07. The molecule has 0 aliphatic carbocycles. The Balaban J connectivity index is 1.27. The summed E-state index contributed by atoms with van der Waals surface area (Å²) in [5, 5.41) is 10.3. The second kappa shape index (κ2) is 10.1. The van der Waals surface area contributed by atoms with Crippen LogP contribution in [0.2, 0.25) is 0 Å². The molecule has 1 nitrogen and oxygen atoms in total. The zero-order chi connectivity index (χ0) is 29.0. The van der Waals surface area contributed by atoms with Gasteiger partial charge in [-0.15, -0.1) is 11.3 Å². The molecule has 0 unspecified atom stereocenters. The predicted molar refractivity (Wildman–Crippen MR) is 192 cm³/mol. The number of hydrogen-bond donors (Lipinski definition) is 0. The molecule has 0 fully saturated rings. The Bertz CT molecular complexity index is 2510. The van der Waals surface area contributed by atoms with Crippen LogP contribution in [0.3, 0.4) is 0 Å². The molecular weight excluding hydrogens is 551 g/mol. The molecular formula is C42H27NS. The van der Waals surface area contributed by atoms with Crippen LogP contribution in [0.25, 0.3) is 63.6 Å². The van der Waals surface area contributed by atoms with Crippen molar-refractivity contribution in [3.8, 4) is 11.1 Å². The van der Waals surface area contributed by atoms with E-state index in [2.05, 4.69) is 169 Å². The van der Waals surface area contributed by atoms with E-state index in [0.29, 0.717) is 0 Å². The Labute approximate surface area is 259 Å². The molecule has 0 N–H and O–H groups in total. The summed E-state index contributed by atoms with van der Waals surface area (Å²) in [4.78, 5) is 2.40. The van der Waals surface area contributed by atoms with Crippen LogP contribution < -0.4 is 4.90 Å². The summed E-state index contributed by atoms with van der Waals surface area (Å²) in [5.74, 6) is 0. The quantitative estimate of drug-likeness (QED) is 0.188. The fourth-order valence-electron chi connectivity index (χ4n) is 6.67. The number of anilines is 3. The van der Waals surface area contributed by atoms with Gasteiger partial charge in [-0.3, -0.25) is 0 Å². The summed E-state index contributed by atoms with van der Waals surface area (Å²) in [6, 6.07) is 59.8. The molecule has 8 aromatic carbocycles. The molecule has 206 valence electrons. The second-order valence-electron chi connectivity index (χ2n) is 11.4. The maximum atomic E-state index is 2.40. The molecule has 0 saturated carbocycles. The first-order chi connectivity index (χ1) is 21.8. The van der Waals surface area contributed by atoms with E-state index in [0.717, 1.165) is 17.1 Å². The molecule has 0 saturated heterocycles. The van der Waals surface area contributed by atoms with Gasteiger partial charge in [-0.1, -0.05) is 121 Å². The number of thiophene rings is 1. The maximum Gasteiger partial charge on any atom is 0.0468 e. The topological polar surface area (TPSA) is 3.24 Å². The van der Waals surface area contributed by atoms with Gasteiger partial charge in [-0.05, 0) is 85.9 Å². The van der Waals surface area contributed by atoms with Crippen LogP contribution in [0.1, 0.15) is 0 Å². The molecule has 1 heterocycles. The SMILES string of the molecule is c1ccc(-c2cccc(N(c3ccc4c(ccc5c6ccccc6sc45)c3)c3ccc4ccc5ccccc5c4c3)c2)cc1. The van der Waals surface area contributed by atoms with Crippen LogP contribution in [-0.4, -0.2) is 0 Å². The van der Waals surface area contributed by atoms with Crippen LogP contribution in [0.5, 0.6) is 0 Å². The Hall–Kier alpha value is -5.44. The minimum atomic E-state index is 1.13. The summed E-state index contributed by atoms with van der Waals surface area (Å²) in [7, 11) is 0. The summed E-state index contributed by atoms with van der Waals surface area (Å²) >= 11 is 1.89. The van der Waals surface area contributed by atoms with Crippen molar-refractivity contribution in [3.63, 3.8) is 0 Å². The van der Waals surface area contributed by atoms with Crippen molar-refractivity contribution in [1.82, 2.24) is 0 Å². The summed E-state index contributed by atoms with van der Waals surface area (Å²) < 4.78 is 2.69. The molecule has 9 aromatic rings. The van der Waals surface area contributed by atoms with Crippen molar-refractivity contribution in [2.24, 2.45) is 0 Å². The van der Waals surface area contributed by atoms with Crippen molar-refractivity contribution in [3.05, 3.63) is 164 Å². The first-order valence-corrected chi connectivity index (χ1v) is 15.8. The lowest BCUT2D eigenvalue weighted by Crippen LogP contribution is -2.10. The molecule has 0 atom stereocenters. The second-order valence-corrected chi connectivity index (χ2v) is 12.4. The van der Waals surface area contributed by atoms with Gasteiger partial charge >= 0.3 is 0 Å². The fraction of sp³-hybridized carbons (Fsp3) is 0. The molecule has 2 heteroatoms. The highest BCUT2D eigenvalue weighted by Gasteiger charge is 2.17. The lowest BCUT2D eigenvalue weighted by atomic mass is 10.00. The average Bonchev–Trinajstić information content (AvgIpc) is 3.48. The van der Waals surface area contributed by atoms with E-state index >= 15 is 0 Å². The molecule has 0 amide bonds. The molecule has 0 radical (unpaired) electrons. The fourth-order valence-corrected chi connectivity index (χ4v) is 7.91. The highest BCUT2D eigenvalue weighted by Crippen LogP contribution is 2.43. The van der Waals surface area contributed by atoms with Crippen LogP contribution in [0.4, 0.5) is 17.1 Å². The monoisotopic (exact) mass is 577 g/mol. The molecule has 0 bridgehead atoms. The van der Waals surface area contributed by atoms with Gasteiger partial charge in [0.15, 0.2) is 0 Å². The first kappa shape index (κ1) is 25.1. The third-order valence-corrected chi connectivity index (χ3v) is 10.0. The van der Waals surface area contributed by atoms with Crippen molar-refractivity contribution in [1.29, 1.82) is 0 Å². The minimum absolute atomic E-state index is 1.13. The van der Waals surface area contributed by atoms with Crippen LogP contribution in [0.15, 0.2) is 164 Å². The maximum absolute atomic E-state index is 2.40. The Morgan fingerprint density at radius 2 is 0.977 bits per heavy atom. The summed E-state index contributed by atoms with van der Waals surface area (Å²) in [6.07, 6.45) is 0. The van der Waals surface area contributed by atoms with Gasteiger partial charge in [0.25, 0.3) is 0 Å². The van der Waals surface area contributed by atoms with E-state index in [-0.39, 0.29) is 0 Å². The third-order valence-electron chi connectivity index (χ3n) is 8.80. The van der Waals surface area contributed by atoms with E-state index in [1.165, 1.54) is 63.6 Å². The van der Waals surface area contributed by atoms with E-state index in [9.17, 15) is 0 Å². The van der Waals surface area contributed by atoms with E-state index in [1.54, 1.807) is 0 Å². The Kier molecular flexibility index (Phi) is 5.75. The van der Waals surface area contributed by atoms with Crippen molar-refractivity contribution in [2.45, 2.75) is 0 Å². The van der Waals surface area contributed by atoms with Gasteiger partial charge in [-0.2, -0.15) is 0 Å². The molecule has 9 rings (SSSR count). The van der Waals surface area contributed by atoms with E-state index in [4.69, 9.17) is 0 Å². The van der Waals surface area contributed by atoms with Gasteiger partial charge in [0, 0.05) is 37.2 Å². The molecule has 0 aliphatic heterocycles. The molecule has 0 aliphatic rings. The first-order valence-electron chi connectivity index (χ1n) is 15.0. The standard InChI is InChI=1S/C42H27NS/c1-2-9-28(10-3-1)31-12-8-13-33(25-31)43(35-21-19-30-18-17-29-11-4-5-14-36(29)40(30)27-35)34-22-24-37-32(26-34)20-23-39-38-15-6-7-16-41(38)44-42(37)39/h1-27H. The van der Waals surface area contributed by atoms with Crippen molar-refractivity contribution < 1.29 is 0 Å². The lowest BCUT2D eigenvalue weighted by Gasteiger charge is -2.27. The highest BCUT2D eigenvalue weighted by molar-refractivity contribution is 7.26. The van der Waals surface area contributed by atoms with Crippen LogP contribution in [0, 0.1) is 0 Å². The van der Waals surface area contributed by atoms with E-state index < -0.39 is 0 Å². The number of hydrogen-bond acceptors (Lipinski definition) is 2. The zero-order valence-electron chi connectivity index (χ0n) is 23.9. The van der Waals surface area contributed by atoms with Crippen molar-refractivity contribution in [2.75, 3.05) is 4.90 Å². The summed E-state index contributed by atoms with van der Waals surface area (Å²) in [6.45, 7) is 0.